The number of hydrogen-bond acceptors (Lipinski definition) is 5. The van der Waals surface area contributed by atoms with Gasteiger partial charge in [-0.15, -0.1) is 0 Å². The van der Waals surface area contributed by atoms with E-state index >= 15 is 0 Å². The first-order valence-electron chi connectivity index (χ1n) is 11.2. The lowest BCUT2D eigenvalue weighted by molar-refractivity contribution is -0.127. The summed E-state index contributed by atoms with van der Waals surface area (Å²) >= 11 is 0. The highest BCUT2D eigenvalue weighted by molar-refractivity contribution is 6.37. The van der Waals surface area contributed by atoms with Gasteiger partial charge in [-0.25, -0.2) is 4.90 Å². The van der Waals surface area contributed by atoms with Crippen molar-refractivity contribution in [2.24, 2.45) is 11.8 Å². The van der Waals surface area contributed by atoms with E-state index in [0.717, 1.165) is 16.0 Å². The van der Waals surface area contributed by atoms with E-state index in [0.29, 0.717) is 11.3 Å². The minimum absolute atomic E-state index is 0.227. The van der Waals surface area contributed by atoms with Crippen LogP contribution in [-0.2, 0) is 14.3 Å². The van der Waals surface area contributed by atoms with Gasteiger partial charge < -0.3 is 4.74 Å². The summed E-state index contributed by atoms with van der Waals surface area (Å²) in [4.78, 5) is 56.5. The van der Waals surface area contributed by atoms with Gasteiger partial charge >= 0.3 is 0 Å². The van der Waals surface area contributed by atoms with Gasteiger partial charge in [0.2, 0.25) is 29.0 Å². The summed E-state index contributed by atoms with van der Waals surface area (Å²) in [5.41, 5.74) is 1.25. The lowest BCUT2D eigenvalue weighted by Crippen LogP contribution is -2.51. The van der Waals surface area contributed by atoms with Crippen molar-refractivity contribution in [2.45, 2.75) is 25.6 Å². The number of anilines is 1. The molecule has 3 atom stereocenters. The quantitative estimate of drug-likeness (QED) is 0.435. The third-order valence-corrected chi connectivity index (χ3v) is 7.46. The number of ether oxygens (including phenoxy) is 1. The highest BCUT2D eigenvalue weighted by Gasteiger charge is 2.74. The third kappa shape index (κ3) is 2.43. The summed E-state index contributed by atoms with van der Waals surface area (Å²) in [6.45, 7) is 3.75. The first-order valence-corrected chi connectivity index (χ1v) is 11.2. The second-order valence-electron chi connectivity index (χ2n) is 9.12. The van der Waals surface area contributed by atoms with Gasteiger partial charge in [0.05, 0.1) is 23.6 Å². The Balaban J connectivity index is 1.57. The maximum atomic E-state index is 14.0. The first kappa shape index (κ1) is 20.7. The van der Waals surface area contributed by atoms with Crippen LogP contribution >= 0.6 is 0 Å². The third-order valence-electron chi connectivity index (χ3n) is 7.46. The molecule has 168 valence electrons. The molecule has 3 aromatic carbocycles. The fraction of sp³-hybridized carbons (Fsp3) is 0.214. The monoisotopic (exact) mass is 451 g/mol. The topological polar surface area (TPSA) is 80.8 Å². The minimum Gasteiger partial charge on any atom is -0.349 e. The molecule has 0 bridgehead atoms. The van der Waals surface area contributed by atoms with Gasteiger partial charge in [0, 0.05) is 11.1 Å². The van der Waals surface area contributed by atoms with Gasteiger partial charge in [-0.1, -0.05) is 66.7 Å². The molecule has 3 unspecified atom stereocenters. The van der Waals surface area contributed by atoms with Gasteiger partial charge in [0.25, 0.3) is 0 Å². The van der Waals surface area contributed by atoms with Gasteiger partial charge in [0.15, 0.2) is 0 Å². The molecule has 2 heterocycles. The molecule has 2 amide bonds. The van der Waals surface area contributed by atoms with E-state index in [1.165, 1.54) is 0 Å². The van der Waals surface area contributed by atoms with Crippen molar-refractivity contribution >= 4 is 29.1 Å². The number of rotatable bonds is 2. The average Bonchev–Trinajstić information content (AvgIpc) is 3.42. The van der Waals surface area contributed by atoms with Crippen molar-refractivity contribution in [2.75, 3.05) is 4.90 Å². The van der Waals surface area contributed by atoms with Crippen LogP contribution in [-0.4, -0.2) is 29.0 Å². The largest absolute Gasteiger partial charge is 0.349 e. The lowest BCUT2D eigenvalue weighted by Gasteiger charge is -2.28. The van der Waals surface area contributed by atoms with Gasteiger partial charge in [-0.2, -0.15) is 0 Å². The summed E-state index contributed by atoms with van der Waals surface area (Å²) in [5.74, 6) is -4.35. The van der Waals surface area contributed by atoms with Crippen molar-refractivity contribution in [3.63, 3.8) is 0 Å². The summed E-state index contributed by atoms with van der Waals surface area (Å²) < 4.78 is 6.28. The van der Waals surface area contributed by atoms with E-state index in [2.05, 4.69) is 0 Å². The smallest absolute Gasteiger partial charge is 0.241 e. The van der Waals surface area contributed by atoms with Crippen molar-refractivity contribution in [1.82, 2.24) is 0 Å². The van der Waals surface area contributed by atoms with E-state index in [1.807, 2.05) is 26.0 Å². The molecular formula is C28H21NO5. The Bertz CT molecular complexity index is 1370. The molecule has 2 fully saturated rings. The number of fused-ring (bicyclic) bond motifs is 3. The number of aryl methyl sites for hydroxylation is 1. The van der Waals surface area contributed by atoms with Gasteiger partial charge in [-0.3, -0.25) is 19.2 Å². The SMILES string of the molecule is Cc1cccc(N2C(=O)C3C(c4ccccc4)OC4(C(=O)c5ccccc5C4=O)C3C2=O)c1C. The Morgan fingerprint density at radius 1 is 0.735 bits per heavy atom. The second kappa shape index (κ2) is 7.05. The standard InChI is InChI=1S/C28H21NO5/c1-15-9-8-14-20(16(15)2)29-26(32)21-22(27(29)33)28(34-23(21)17-10-4-3-5-11-17)24(30)18-12-6-7-13-19(18)25(28)31/h3-14,21-23H,1-2H3. The van der Waals surface area contributed by atoms with Crippen LogP contribution in [0.15, 0.2) is 72.8 Å². The summed E-state index contributed by atoms with van der Waals surface area (Å²) in [5, 5.41) is 0. The summed E-state index contributed by atoms with van der Waals surface area (Å²) in [7, 11) is 0. The number of hydrogen-bond donors (Lipinski definition) is 0. The molecule has 0 saturated carbocycles. The molecule has 6 heteroatoms. The lowest BCUT2D eigenvalue weighted by atomic mass is 9.77. The normalized spacial score (nSPS) is 24.8. The average molecular weight is 451 g/mol. The van der Waals surface area contributed by atoms with Crippen LogP contribution in [0.3, 0.4) is 0 Å². The van der Waals surface area contributed by atoms with E-state index in [4.69, 9.17) is 4.74 Å². The highest BCUT2D eigenvalue weighted by Crippen LogP contribution is 2.57. The molecule has 6 rings (SSSR count). The zero-order valence-corrected chi connectivity index (χ0v) is 18.6. The number of ketones is 2. The van der Waals surface area contributed by atoms with E-state index in [9.17, 15) is 19.2 Å². The Labute approximate surface area is 196 Å². The Morgan fingerprint density at radius 2 is 1.35 bits per heavy atom. The van der Waals surface area contributed by atoms with Crippen molar-refractivity contribution in [3.05, 3.63) is 101 Å². The molecule has 1 aliphatic carbocycles. The van der Waals surface area contributed by atoms with Crippen LogP contribution in [0, 0.1) is 25.7 Å². The Kier molecular flexibility index (Phi) is 4.29. The van der Waals surface area contributed by atoms with Crippen molar-refractivity contribution in [3.8, 4) is 0 Å². The highest BCUT2D eigenvalue weighted by atomic mass is 16.5. The fourth-order valence-electron chi connectivity index (χ4n) is 5.68. The molecular weight excluding hydrogens is 430 g/mol. The second-order valence-corrected chi connectivity index (χ2v) is 9.12. The predicted octanol–water partition coefficient (Wildman–Crippen LogP) is 4.00. The summed E-state index contributed by atoms with van der Waals surface area (Å²) in [6.07, 6.45) is -0.903. The molecule has 3 aromatic rings. The predicted molar refractivity (Wildman–Crippen MR) is 123 cm³/mol. The number of carbonyl (C=O) groups is 4. The number of carbonyl (C=O) groups excluding carboxylic acids is 4. The molecule has 2 aliphatic heterocycles. The van der Waals surface area contributed by atoms with Crippen LogP contribution in [0.5, 0.6) is 0 Å². The van der Waals surface area contributed by atoms with Crippen LogP contribution in [0.1, 0.15) is 43.5 Å². The molecule has 0 N–H and O–H groups in total. The maximum absolute atomic E-state index is 14.0. The van der Waals surface area contributed by atoms with Crippen LogP contribution in [0.4, 0.5) is 5.69 Å². The van der Waals surface area contributed by atoms with Gasteiger partial charge in [0.1, 0.15) is 0 Å². The number of amides is 2. The Hall–Kier alpha value is -3.90. The van der Waals surface area contributed by atoms with Crippen LogP contribution in [0.2, 0.25) is 0 Å². The van der Waals surface area contributed by atoms with Crippen LogP contribution in [0.25, 0.3) is 0 Å². The number of imide groups is 1. The van der Waals surface area contributed by atoms with Crippen LogP contribution < -0.4 is 4.90 Å². The molecule has 2 saturated heterocycles. The molecule has 0 aromatic heterocycles. The molecule has 6 nitrogen and oxygen atoms in total. The minimum atomic E-state index is -2.05. The Morgan fingerprint density at radius 3 is 2.00 bits per heavy atom. The number of benzene rings is 3. The van der Waals surface area contributed by atoms with E-state index < -0.39 is 46.9 Å². The first-order chi connectivity index (χ1) is 16.4. The molecule has 0 radical (unpaired) electrons. The number of nitrogens with zero attached hydrogens (tertiary/aromatic N) is 1. The van der Waals surface area contributed by atoms with Gasteiger partial charge in [-0.05, 0) is 36.6 Å². The van der Waals surface area contributed by atoms with E-state index in [-0.39, 0.29) is 11.1 Å². The molecule has 3 aliphatic rings. The fourth-order valence-corrected chi connectivity index (χ4v) is 5.68. The van der Waals surface area contributed by atoms with Crippen molar-refractivity contribution in [1.29, 1.82) is 0 Å². The van der Waals surface area contributed by atoms with E-state index in [1.54, 1.807) is 60.7 Å². The molecule has 1 spiro atoms. The summed E-state index contributed by atoms with van der Waals surface area (Å²) in [6, 6.07) is 20.9. The molecule has 34 heavy (non-hydrogen) atoms. The number of Topliss-reactive ketones (excluding diaryl/α,β-unsaturated/α-hetero) is 2. The zero-order valence-electron chi connectivity index (χ0n) is 18.6. The van der Waals surface area contributed by atoms with Crippen molar-refractivity contribution < 1.29 is 23.9 Å². The maximum Gasteiger partial charge on any atom is 0.241 e. The zero-order chi connectivity index (χ0) is 23.8.